The minimum absolute atomic E-state index is 0.0229. The number of benzene rings is 3. The third-order valence-corrected chi connectivity index (χ3v) is 6.39. The van der Waals surface area contributed by atoms with Gasteiger partial charge in [0.15, 0.2) is 0 Å². The van der Waals surface area contributed by atoms with Crippen LogP contribution in [0.2, 0.25) is 0 Å². The molecule has 0 aliphatic carbocycles. The van der Waals surface area contributed by atoms with Gasteiger partial charge in [-0.1, -0.05) is 18.2 Å². The van der Waals surface area contributed by atoms with E-state index in [4.69, 9.17) is 14.2 Å². The average molecular weight is 461 g/mol. The number of anilines is 1. The molecule has 0 aromatic heterocycles. The van der Waals surface area contributed by atoms with Crippen molar-refractivity contribution in [3.05, 3.63) is 82.9 Å². The number of amides is 1. The number of ether oxygens (including phenoxy) is 3. The molecular formula is C28H32N2O4. The molecule has 1 amide bonds. The van der Waals surface area contributed by atoms with Gasteiger partial charge in [-0.05, 0) is 67.4 Å². The molecule has 0 spiro atoms. The zero-order chi connectivity index (χ0) is 24.1. The Kier molecular flexibility index (Phi) is 7.26. The molecular weight excluding hydrogens is 428 g/mol. The minimum atomic E-state index is 0.0229. The summed E-state index contributed by atoms with van der Waals surface area (Å²) in [7, 11) is 3.32. The number of rotatable bonds is 7. The van der Waals surface area contributed by atoms with Crippen molar-refractivity contribution in [1.82, 2.24) is 4.90 Å². The molecule has 1 aliphatic heterocycles. The molecule has 0 saturated carbocycles. The summed E-state index contributed by atoms with van der Waals surface area (Å²) < 4.78 is 17.0. The predicted octanol–water partition coefficient (Wildman–Crippen LogP) is 4.86. The summed E-state index contributed by atoms with van der Waals surface area (Å²) in [6, 6.07) is 19.6. The van der Waals surface area contributed by atoms with E-state index in [2.05, 4.69) is 24.8 Å². The molecule has 1 heterocycles. The second-order valence-electron chi connectivity index (χ2n) is 8.51. The fourth-order valence-electron chi connectivity index (χ4n) is 4.21. The van der Waals surface area contributed by atoms with Crippen LogP contribution >= 0.6 is 0 Å². The monoisotopic (exact) mass is 460 g/mol. The summed E-state index contributed by atoms with van der Waals surface area (Å²) in [6.45, 7) is 7.28. The van der Waals surface area contributed by atoms with E-state index in [1.807, 2.05) is 59.5 Å². The highest BCUT2D eigenvalue weighted by atomic mass is 16.5. The highest BCUT2D eigenvalue weighted by Gasteiger charge is 2.24. The molecule has 178 valence electrons. The maximum atomic E-state index is 13.3. The van der Waals surface area contributed by atoms with Crippen molar-refractivity contribution in [1.29, 1.82) is 0 Å². The minimum Gasteiger partial charge on any atom is -0.496 e. The van der Waals surface area contributed by atoms with E-state index in [-0.39, 0.29) is 5.91 Å². The Labute approximate surface area is 201 Å². The second-order valence-corrected chi connectivity index (χ2v) is 8.51. The van der Waals surface area contributed by atoms with Crippen LogP contribution in [0.15, 0.2) is 60.7 Å². The molecule has 0 atom stereocenters. The molecule has 3 aromatic carbocycles. The van der Waals surface area contributed by atoms with Crippen LogP contribution in [-0.4, -0.2) is 51.2 Å². The van der Waals surface area contributed by atoms with Gasteiger partial charge in [0.1, 0.15) is 23.9 Å². The summed E-state index contributed by atoms with van der Waals surface area (Å²) in [6.07, 6.45) is 0. The predicted molar refractivity (Wildman–Crippen MR) is 134 cm³/mol. The van der Waals surface area contributed by atoms with E-state index in [1.165, 1.54) is 11.1 Å². The number of methoxy groups -OCH3 is 2. The molecule has 6 nitrogen and oxygen atoms in total. The third-order valence-electron chi connectivity index (χ3n) is 6.39. The largest absolute Gasteiger partial charge is 0.496 e. The first-order valence-corrected chi connectivity index (χ1v) is 11.5. The molecule has 6 heteroatoms. The van der Waals surface area contributed by atoms with Gasteiger partial charge in [-0.3, -0.25) is 4.79 Å². The maximum absolute atomic E-state index is 13.3. The fourth-order valence-corrected chi connectivity index (χ4v) is 4.21. The number of aryl methyl sites for hydroxylation is 2. The van der Waals surface area contributed by atoms with Crippen molar-refractivity contribution in [2.75, 3.05) is 45.3 Å². The Morgan fingerprint density at radius 2 is 1.56 bits per heavy atom. The van der Waals surface area contributed by atoms with Gasteiger partial charge in [-0.2, -0.15) is 0 Å². The lowest BCUT2D eigenvalue weighted by Crippen LogP contribution is -2.48. The van der Waals surface area contributed by atoms with Crippen molar-refractivity contribution in [3.8, 4) is 17.2 Å². The van der Waals surface area contributed by atoms with Gasteiger partial charge < -0.3 is 24.0 Å². The molecule has 34 heavy (non-hydrogen) atoms. The number of hydrogen-bond acceptors (Lipinski definition) is 5. The smallest absolute Gasteiger partial charge is 0.253 e. The van der Waals surface area contributed by atoms with Crippen LogP contribution < -0.4 is 19.1 Å². The van der Waals surface area contributed by atoms with E-state index in [9.17, 15) is 4.79 Å². The van der Waals surface area contributed by atoms with Crippen molar-refractivity contribution in [2.24, 2.45) is 0 Å². The van der Waals surface area contributed by atoms with E-state index in [0.29, 0.717) is 31.0 Å². The van der Waals surface area contributed by atoms with Crippen molar-refractivity contribution in [3.63, 3.8) is 0 Å². The molecule has 0 N–H and O–H groups in total. The van der Waals surface area contributed by atoms with E-state index in [1.54, 1.807) is 14.2 Å². The van der Waals surface area contributed by atoms with E-state index in [0.717, 1.165) is 35.8 Å². The van der Waals surface area contributed by atoms with Crippen molar-refractivity contribution in [2.45, 2.75) is 20.5 Å². The SMILES string of the molecule is COc1ccc(C(=O)N2CCN(c3ccccc3OC)CC2)cc1COc1ccc(C)c(C)c1. The standard InChI is InChI=1S/C28H32N2O4/c1-20-9-11-24(17-21(20)2)34-19-23-18-22(10-12-26(23)32-3)28(31)30-15-13-29(14-16-30)25-7-5-6-8-27(25)33-4/h5-12,17-18H,13-16,19H2,1-4H3. The number of carbonyl (C=O) groups is 1. The number of hydrogen-bond donors (Lipinski definition) is 0. The third kappa shape index (κ3) is 5.11. The lowest BCUT2D eigenvalue weighted by Gasteiger charge is -2.36. The summed E-state index contributed by atoms with van der Waals surface area (Å²) in [5.41, 5.74) is 4.96. The Bertz CT molecular complexity index is 1150. The van der Waals surface area contributed by atoms with Gasteiger partial charge in [-0.25, -0.2) is 0 Å². The highest BCUT2D eigenvalue weighted by Crippen LogP contribution is 2.29. The van der Waals surface area contributed by atoms with Gasteiger partial charge in [0, 0.05) is 37.3 Å². The molecule has 1 fully saturated rings. The Morgan fingerprint density at radius 1 is 0.824 bits per heavy atom. The van der Waals surface area contributed by atoms with Crippen LogP contribution in [0.25, 0.3) is 0 Å². The van der Waals surface area contributed by atoms with Crippen molar-refractivity contribution >= 4 is 11.6 Å². The first kappa shape index (κ1) is 23.5. The normalized spacial score (nSPS) is 13.5. The van der Waals surface area contributed by atoms with Gasteiger partial charge in [0.25, 0.3) is 5.91 Å². The number of piperazine rings is 1. The number of para-hydroxylation sites is 2. The Morgan fingerprint density at radius 3 is 2.26 bits per heavy atom. The Balaban J connectivity index is 1.43. The van der Waals surface area contributed by atoms with Crippen LogP contribution in [0.4, 0.5) is 5.69 Å². The van der Waals surface area contributed by atoms with E-state index < -0.39 is 0 Å². The lowest BCUT2D eigenvalue weighted by molar-refractivity contribution is 0.0746. The van der Waals surface area contributed by atoms with Crippen molar-refractivity contribution < 1.29 is 19.0 Å². The summed E-state index contributed by atoms with van der Waals surface area (Å²) in [5.74, 6) is 2.39. The van der Waals surface area contributed by atoms with E-state index >= 15 is 0 Å². The zero-order valence-corrected chi connectivity index (χ0v) is 20.3. The van der Waals surface area contributed by atoms with Crippen LogP contribution in [0.5, 0.6) is 17.2 Å². The first-order valence-electron chi connectivity index (χ1n) is 11.5. The summed E-state index contributed by atoms with van der Waals surface area (Å²) >= 11 is 0. The molecule has 0 bridgehead atoms. The average Bonchev–Trinajstić information content (AvgIpc) is 2.88. The molecule has 0 radical (unpaired) electrons. The van der Waals surface area contributed by atoms with Crippen LogP contribution in [0.1, 0.15) is 27.0 Å². The summed E-state index contributed by atoms with van der Waals surface area (Å²) in [5, 5.41) is 0. The van der Waals surface area contributed by atoms with Crippen LogP contribution in [-0.2, 0) is 6.61 Å². The molecule has 3 aromatic rings. The number of nitrogens with zero attached hydrogens (tertiary/aromatic N) is 2. The van der Waals surface area contributed by atoms with Gasteiger partial charge in [0.2, 0.25) is 0 Å². The maximum Gasteiger partial charge on any atom is 0.253 e. The van der Waals surface area contributed by atoms with Crippen LogP contribution in [0, 0.1) is 13.8 Å². The topological polar surface area (TPSA) is 51.2 Å². The first-order chi connectivity index (χ1) is 16.5. The molecule has 4 rings (SSSR count). The van der Waals surface area contributed by atoms with Gasteiger partial charge in [-0.15, -0.1) is 0 Å². The molecule has 1 aliphatic rings. The van der Waals surface area contributed by atoms with Gasteiger partial charge >= 0.3 is 0 Å². The highest BCUT2D eigenvalue weighted by molar-refractivity contribution is 5.94. The fraction of sp³-hybridized carbons (Fsp3) is 0.321. The van der Waals surface area contributed by atoms with Crippen LogP contribution in [0.3, 0.4) is 0 Å². The quantitative estimate of drug-likeness (QED) is 0.504. The summed E-state index contributed by atoms with van der Waals surface area (Å²) in [4.78, 5) is 17.4. The molecule has 0 unspecified atom stereocenters. The lowest BCUT2D eigenvalue weighted by atomic mass is 10.1. The number of carbonyl (C=O) groups excluding carboxylic acids is 1. The van der Waals surface area contributed by atoms with Gasteiger partial charge in [0.05, 0.1) is 19.9 Å². The molecule has 1 saturated heterocycles. The second kappa shape index (κ2) is 10.5. The Hall–Kier alpha value is -3.67. The zero-order valence-electron chi connectivity index (χ0n) is 20.3.